The molecule has 0 aliphatic rings. The van der Waals surface area contributed by atoms with E-state index in [1.54, 1.807) is 24.3 Å². The molecule has 0 fully saturated rings. The van der Waals surface area contributed by atoms with Crippen LogP contribution in [0, 0.1) is 4.91 Å². The van der Waals surface area contributed by atoms with Gasteiger partial charge in [0.1, 0.15) is 17.3 Å². The van der Waals surface area contributed by atoms with Crippen LogP contribution in [0.4, 0.5) is 11.5 Å². The van der Waals surface area contributed by atoms with Gasteiger partial charge in [-0.2, -0.15) is 0 Å². The molecule has 0 spiro atoms. The zero-order chi connectivity index (χ0) is 23.9. The van der Waals surface area contributed by atoms with Gasteiger partial charge in [-0.1, -0.05) is 30.3 Å². The molecule has 9 nitrogen and oxygen atoms in total. The van der Waals surface area contributed by atoms with Crippen molar-refractivity contribution in [3.05, 3.63) is 82.9 Å². The number of nitrogens with zero attached hydrogens (tertiary/aromatic N) is 3. The summed E-state index contributed by atoms with van der Waals surface area (Å²) in [6.45, 7) is 1.52. The Labute approximate surface area is 196 Å². The number of carbonyl (C=O) groups excluding carboxylic acids is 1. The number of imidazole rings is 1. The molecule has 0 bridgehead atoms. The fraction of sp³-hybridized carbons (Fsp3) is 0.200. The average Bonchev–Trinajstić information content (AvgIpc) is 3.26. The Morgan fingerprint density at radius 1 is 1.15 bits per heavy atom. The minimum absolute atomic E-state index is 0.172. The number of nitrogens with one attached hydrogen (secondary N) is 2. The maximum Gasteiger partial charge on any atom is 0.255 e. The summed E-state index contributed by atoms with van der Waals surface area (Å²) in [5, 5.41) is 9.42. The first-order chi connectivity index (χ1) is 16.7. The zero-order valence-corrected chi connectivity index (χ0v) is 18.8. The number of ether oxygens (including phenoxy) is 1. The molecule has 4 rings (SSSR count). The first kappa shape index (κ1) is 22.9. The van der Waals surface area contributed by atoms with Gasteiger partial charge in [0.25, 0.3) is 5.91 Å². The van der Waals surface area contributed by atoms with Gasteiger partial charge in [-0.05, 0) is 54.0 Å². The van der Waals surface area contributed by atoms with E-state index in [9.17, 15) is 9.70 Å². The molecule has 0 unspecified atom stereocenters. The summed E-state index contributed by atoms with van der Waals surface area (Å²) in [4.78, 5) is 29.0. The summed E-state index contributed by atoms with van der Waals surface area (Å²) in [6, 6.07) is 18.6. The Kier molecular flexibility index (Phi) is 7.14. The highest BCUT2D eigenvalue weighted by molar-refractivity contribution is 6.01. The molecule has 0 aliphatic heterocycles. The normalized spacial score (nSPS) is 10.8. The highest BCUT2D eigenvalue weighted by Gasteiger charge is 2.20. The van der Waals surface area contributed by atoms with Gasteiger partial charge in [0, 0.05) is 24.8 Å². The predicted molar refractivity (Wildman–Crippen MR) is 132 cm³/mol. The maximum atomic E-state index is 12.9. The number of methoxy groups -OCH3 is 1. The predicted octanol–water partition coefficient (Wildman–Crippen LogP) is 4.10. The fourth-order valence-electron chi connectivity index (χ4n) is 3.70. The van der Waals surface area contributed by atoms with Crippen LogP contribution in [0.3, 0.4) is 0 Å². The second-order valence-corrected chi connectivity index (χ2v) is 7.64. The average molecular weight is 459 g/mol. The molecule has 0 atom stereocenters. The Balaban J connectivity index is 1.81. The van der Waals surface area contributed by atoms with Gasteiger partial charge in [-0.3, -0.25) is 9.20 Å². The third kappa shape index (κ3) is 4.74. The number of anilines is 1. The number of benzene rings is 2. The van der Waals surface area contributed by atoms with E-state index in [-0.39, 0.29) is 11.6 Å². The number of pyridine rings is 1. The molecular weight excluding hydrogens is 432 g/mol. The van der Waals surface area contributed by atoms with Crippen molar-refractivity contribution in [2.45, 2.75) is 13.0 Å². The lowest BCUT2D eigenvalue weighted by Gasteiger charge is -2.10. The first-order valence-corrected chi connectivity index (χ1v) is 10.9. The Bertz CT molecular complexity index is 1300. The van der Waals surface area contributed by atoms with Crippen molar-refractivity contribution in [1.82, 2.24) is 14.7 Å². The number of nitrogens with two attached hydrogens (primary N) is 1. The van der Waals surface area contributed by atoms with Crippen molar-refractivity contribution < 1.29 is 9.53 Å². The summed E-state index contributed by atoms with van der Waals surface area (Å²) >= 11 is 0. The lowest BCUT2D eigenvalue weighted by Crippen LogP contribution is -2.26. The monoisotopic (exact) mass is 458 g/mol. The highest BCUT2D eigenvalue weighted by Crippen LogP contribution is 2.36. The van der Waals surface area contributed by atoms with Gasteiger partial charge in [0.2, 0.25) is 0 Å². The zero-order valence-electron chi connectivity index (χ0n) is 18.8. The van der Waals surface area contributed by atoms with Crippen LogP contribution in [-0.2, 0) is 6.54 Å². The van der Waals surface area contributed by atoms with Gasteiger partial charge in [0.05, 0.1) is 12.7 Å². The van der Waals surface area contributed by atoms with Crippen molar-refractivity contribution in [1.29, 1.82) is 0 Å². The molecular formula is C25H26N6O3. The SMILES string of the molecule is COc1ccc(-c2nc3c(C(=O)NCCCN)cccn3c2NCc2ccccc2)cc1N=O. The van der Waals surface area contributed by atoms with Crippen LogP contribution in [0.2, 0.25) is 0 Å². The first-order valence-electron chi connectivity index (χ1n) is 10.9. The van der Waals surface area contributed by atoms with Gasteiger partial charge >= 0.3 is 0 Å². The molecule has 1 amide bonds. The van der Waals surface area contributed by atoms with Crippen LogP contribution in [0.5, 0.6) is 5.75 Å². The molecule has 9 heteroatoms. The van der Waals surface area contributed by atoms with E-state index in [0.717, 1.165) is 5.56 Å². The van der Waals surface area contributed by atoms with Crippen LogP contribution < -0.4 is 21.1 Å². The molecule has 0 saturated heterocycles. The summed E-state index contributed by atoms with van der Waals surface area (Å²) < 4.78 is 7.06. The molecule has 0 radical (unpaired) electrons. The van der Waals surface area contributed by atoms with Gasteiger partial charge in [0.15, 0.2) is 11.3 Å². The summed E-state index contributed by atoms with van der Waals surface area (Å²) in [5.41, 5.74) is 9.00. The molecule has 4 N–H and O–H groups in total. The van der Waals surface area contributed by atoms with E-state index in [1.807, 2.05) is 47.0 Å². The quantitative estimate of drug-likeness (QED) is 0.243. The summed E-state index contributed by atoms with van der Waals surface area (Å²) in [7, 11) is 1.48. The molecule has 0 aliphatic carbocycles. The number of carbonyl (C=O) groups is 1. The number of fused-ring (bicyclic) bond motifs is 1. The standard InChI is InChI=1S/C25H26N6O3/c1-34-21-11-10-18(15-20(21)30-33)22-24(28-16-17-7-3-2-4-8-17)31-14-5-9-19(23(31)29-22)25(32)27-13-6-12-26/h2-5,7-11,14-15,28H,6,12-13,16,26H2,1H3,(H,27,32). The van der Waals surface area contributed by atoms with E-state index in [0.29, 0.717) is 60.1 Å². The van der Waals surface area contributed by atoms with Crippen LogP contribution >= 0.6 is 0 Å². The van der Waals surface area contributed by atoms with Crippen molar-refractivity contribution in [3.63, 3.8) is 0 Å². The lowest BCUT2D eigenvalue weighted by atomic mass is 10.1. The van der Waals surface area contributed by atoms with E-state index in [1.165, 1.54) is 7.11 Å². The topological polar surface area (TPSA) is 123 Å². The minimum atomic E-state index is -0.227. The van der Waals surface area contributed by atoms with Crippen molar-refractivity contribution in [2.24, 2.45) is 10.9 Å². The largest absolute Gasteiger partial charge is 0.494 e. The maximum absolute atomic E-state index is 12.9. The smallest absolute Gasteiger partial charge is 0.255 e. The molecule has 2 aromatic heterocycles. The third-order valence-electron chi connectivity index (χ3n) is 5.41. The minimum Gasteiger partial charge on any atom is -0.494 e. The van der Waals surface area contributed by atoms with Gasteiger partial charge in [-0.15, -0.1) is 4.91 Å². The molecule has 2 aromatic carbocycles. The number of nitroso groups, excluding NO2 is 1. The second-order valence-electron chi connectivity index (χ2n) is 7.64. The molecule has 0 saturated carbocycles. The Hall–Kier alpha value is -4.24. The van der Waals surface area contributed by atoms with E-state index in [2.05, 4.69) is 15.8 Å². The van der Waals surface area contributed by atoms with Gasteiger partial charge in [-0.25, -0.2) is 4.98 Å². The third-order valence-corrected chi connectivity index (χ3v) is 5.41. The lowest BCUT2D eigenvalue weighted by molar-refractivity contribution is 0.0954. The molecule has 174 valence electrons. The number of rotatable bonds is 10. The van der Waals surface area contributed by atoms with Crippen molar-refractivity contribution in [3.8, 4) is 17.0 Å². The Morgan fingerprint density at radius 3 is 2.71 bits per heavy atom. The molecule has 4 aromatic rings. The van der Waals surface area contributed by atoms with E-state index < -0.39 is 0 Å². The van der Waals surface area contributed by atoms with Crippen molar-refractivity contribution in [2.75, 3.05) is 25.5 Å². The van der Waals surface area contributed by atoms with E-state index in [4.69, 9.17) is 15.5 Å². The summed E-state index contributed by atoms with van der Waals surface area (Å²) in [5.74, 6) is 0.842. The van der Waals surface area contributed by atoms with Crippen LogP contribution in [0.1, 0.15) is 22.3 Å². The van der Waals surface area contributed by atoms with Gasteiger partial charge < -0.3 is 21.1 Å². The number of amides is 1. The molecule has 2 heterocycles. The fourth-order valence-corrected chi connectivity index (χ4v) is 3.70. The van der Waals surface area contributed by atoms with Crippen LogP contribution in [0.25, 0.3) is 16.9 Å². The van der Waals surface area contributed by atoms with Crippen LogP contribution in [0.15, 0.2) is 72.0 Å². The molecule has 34 heavy (non-hydrogen) atoms. The number of hydrogen-bond acceptors (Lipinski definition) is 7. The van der Waals surface area contributed by atoms with Crippen molar-refractivity contribution >= 4 is 23.1 Å². The summed E-state index contributed by atoms with van der Waals surface area (Å²) in [6.07, 6.45) is 2.53. The number of aromatic nitrogens is 2. The Morgan fingerprint density at radius 2 is 1.97 bits per heavy atom. The highest BCUT2D eigenvalue weighted by atomic mass is 16.5. The number of hydrogen-bond donors (Lipinski definition) is 3. The van der Waals surface area contributed by atoms with Crippen LogP contribution in [-0.4, -0.2) is 35.5 Å². The second kappa shape index (κ2) is 10.6. The van der Waals surface area contributed by atoms with E-state index >= 15 is 0 Å².